The van der Waals surface area contributed by atoms with Crippen molar-refractivity contribution < 1.29 is 9.18 Å². The van der Waals surface area contributed by atoms with Crippen LogP contribution in [0.4, 0.5) is 4.39 Å². The van der Waals surface area contributed by atoms with Crippen molar-refractivity contribution in [2.45, 2.75) is 25.2 Å². The van der Waals surface area contributed by atoms with E-state index in [9.17, 15) is 9.18 Å². The Kier molecular flexibility index (Phi) is 4.00. The number of primary amides is 1. The van der Waals surface area contributed by atoms with Crippen molar-refractivity contribution in [1.82, 2.24) is 15.1 Å². The number of fused-ring (bicyclic) bond motifs is 1. The zero-order valence-electron chi connectivity index (χ0n) is 14.6. The maximum atomic E-state index is 13.7. The first-order chi connectivity index (χ1) is 12.5. The van der Waals surface area contributed by atoms with Gasteiger partial charge in [-0.2, -0.15) is 5.10 Å². The molecule has 134 valence electrons. The second-order valence-corrected chi connectivity index (χ2v) is 7.22. The normalized spacial score (nSPS) is 20.4. The number of nitrogens with one attached hydrogen (secondary N) is 1. The molecule has 1 fully saturated rings. The number of hydrogen-bond donors (Lipinski definition) is 2. The lowest BCUT2D eigenvalue weighted by atomic mass is 9.76. The standard InChI is InChI=1S/C20H21FN4O/c1-20(7-2-8-23-12-20)14-3-5-16(6-4-14)25-11-13-9-15(21)10-17(19(22)26)18(13)24-25/h3-6,9-11,23H,2,7-8,12H2,1H3,(H2,22,26)/t20-/m1/s1. The number of halogens is 1. The summed E-state index contributed by atoms with van der Waals surface area (Å²) in [7, 11) is 0. The number of benzene rings is 2. The number of piperidine rings is 1. The zero-order valence-corrected chi connectivity index (χ0v) is 14.6. The molecule has 1 aromatic heterocycles. The minimum absolute atomic E-state index is 0.0937. The molecule has 1 aliphatic heterocycles. The van der Waals surface area contributed by atoms with Gasteiger partial charge in [0, 0.05) is 23.5 Å². The predicted molar refractivity (Wildman–Crippen MR) is 99.0 cm³/mol. The highest BCUT2D eigenvalue weighted by Gasteiger charge is 2.28. The average Bonchev–Trinajstić information content (AvgIpc) is 3.05. The molecule has 0 radical (unpaired) electrons. The minimum atomic E-state index is -0.687. The third kappa shape index (κ3) is 2.86. The topological polar surface area (TPSA) is 72.9 Å². The molecular weight excluding hydrogens is 331 g/mol. The van der Waals surface area contributed by atoms with Gasteiger partial charge in [-0.3, -0.25) is 4.79 Å². The van der Waals surface area contributed by atoms with E-state index in [0.717, 1.165) is 31.3 Å². The molecule has 0 unspecified atom stereocenters. The van der Waals surface area contributed by atoms with Crippen molar-refractivity contribution >= 4 is 16.8 Å². The highest BCUT2D eigenvalue weighted by molar-refractivity contribution is 6.04. The average molecular weight is 352 g/mol. The van der Waals surface area contributed by atoms with Crippen molar-refractivity contribution in [1.29, 1.82) is 0 Å². The van der Waals surface area contributed by atoms with Crippen LogP contribution in [0.5, 0.6) is 0 Å². The van der Waals surface area contributed by atoms with E-state index in [1.54, 1.807) is 10.9 Å². The van der Waals surface area contributed by atoms with E-state index >= 15 is 0 Å². The van der Waals surface area contributed by atoms with E-state index in [2.05, 4.69) is 29.5 Å². The molecule has 0 saturated carbocycles. The molecule has 26 heavy (non-hydrogen) atoms. The Labute approximate surface area is 151 Å². The second-order valence-electron chi connectivity index (χ2n) is 7.22. The molecule has 5 nitrogen and oxygen atoms in total. The molecule has 1 amide bonds. The summed E-state index contributed by atoms with van der Waals surface area (Å²) in [5.41, 5.74) is 8.13. The Morgan fingerprint density at radius 3 is 2.73 bits per heavy atom. The highest BCUT2D eigenvalue weighted by atomic mass is 19.1. The lowest BCUT2D eigenvalue weighted by molar-refractivity contribution is 0.100. The molecule has 6 heteroatoms. The van der Waals surface area contributed by atoms with Gasteiger partial charge >= 0.3 is 0 Å². The Hall–Kier alpha value is -2.73. The van der Waals surface area contributed by atoms with Gasteiger partial charge in [-0.25, -0.2) is 9.07 Å². The number of rotatable bonds is 3. The smallest absolute Gasteiger partial charge is 0.251 e. The maximum absolute atomic E-state index is 13.7. The molecule has 1 atom stereocenters. The number of aromatic nitrogens is 2. The van der Waals surface area contributed by atoms with Crippen LogP contribution in [-0.2, 0) is 5.41 Å². The Balaban J connectivity index is 1.72. The third-order valence-electron chi connectivity index (χ3n) is 5.26. The van der Waals surface area contributed by atoms with E-state index in [1.807, 2.05) is 12.1 Å². The summed E-state index contributed by atoms with van der Waals surface area (Å²) >= 11 is 0. The maximum Gasteiger partial charge on any atom is 0.251 e. The summed E-state index contributed by atoms with van der Waals surface area (Å²) in [6, 6.07) is 10.7. The first-order valence-corrected chi connectivity index (χ1v) is 8.77. The molecule has 4 rings (SSSR count). The summed E-state index contributed by atoms with van der Waals surface area (Å²) in [6.07, 6.45) is 4.04. The van der Waals surface area contributed by atoms with E-state index in [4.69, 9.17) is 5.73 Å². The van der Waals surface area contributed by atoms with Crippen LogP contribution in [0.1, 0.15) is 35.7 Å². The molecule has 2 heterocycles. The third-order valence-corrected chi connectivity index (χ3v) is 5.26. The number of hydrogen-bond acceptors (Lipinski definition) is 3. The van der Waals surface area contributed by atoms with Crippen LogP contribution >= 0.6 is 0 Å². The van der Waals surface area contributed by atoms with Crippen LogP contribution in [0.3, 0.4) is 0 Å². The summed E-state index contributed by atoms with van der Waals surface area (Å²) in [4.78, 5) is 11.6. The SMILES string of the molecule is C[C@@]1(c2ccc(-n3cc4cc(F)cc(C(N)=O)c4n3)cc2)CCCNC1. The van der Waals surface area contributed by atoms with Crippen LogP contribution in [0.2, 0.25) is 0 Å². The number of amides is 1. The highest BCUT2D eigenvalue weighted by Crippen LogP contribution is 2.31. The lowest BCUT2D eigenvalue weighted by Crippen LogP contribution is -2.41. The van der Waals surface area contributed by atoms with E-state index in [1.165, 1.54) is 18.1 Å². The van der Waals surface area contributed by atoms with Gasteiger partial charge in [-0.1, -0.05) is 19.1 Å². The lowest BCUT2D eigenvalue weighted by Gasteiger charge is -2.34. The van der Waals surface area contributed by atoms with Gasteiger partial charge < -0.3 is 11.1 Å². The quantitative estimate of drug-likeness (QED) is 0.761. The Morgan fingerprint density at radius 2 is 2.08 bits per heavy atom. The Bertz CT molecular complexity index is 971. The molecule has 2 aromatic carbocycles. The van der Waals surface area contributed by atoms with Crippen LogP contribution in [0.15, 0.2) is 42.6 Å². The van der Waals surface area contributed by atoms with Crippen LogP contribution in [-0.4, -0.2) is 28.8 Å². The van der Waals surface area contributed by atoms with Crippen molar-refractivity contribution in [2.24, 2.45) is 5.73 Å². The van der Waals surface area contributed by atoms with Gasteiger partial charge in [0.25, 0.3) is 5.91 Å². The fourth-order valence-corrected chi connectivity index (χ4v) is 3.74. The van der Waals surface area contributed by atoms with Crippen molar-refractivity contribution in [3.8, 4) is 5.69 Å². The first-order valence-electron chi connectivity index (χ1n) is 8.77. The fourth-order valence-electron chi connectivity index (χ4n) is 3.74. The molecule has 3 aromatic rings. The van der Waals surface area contributed by atoms with E-state index in [-0.39, 0.29) is 11.0 Å². The summed E-state index contributed by atoms with van der Waals surface area (Å²) in [5, 5.41) is 8.45. The molecule has 0 aliphatic carbocycles. The van der Waals surface area contributed by atoms with E-state index in [0.29, 0.717) is 10.9 Å². The molecular formula is C20H21FN4O. The van der Waals surface area contributed by atoms with Crippen LogP contribution < -0.4 is 11.1 Å². The number of carbonyl (C=O) groups excluding carboxylic acids is 1. The monoisotopic (exact) mass is 352 g/mol. The van der Waals surface area contributed by atoms with Crippen molar-refractivity contribution in [3.05, 3.63) is 59.5 Å². The Morgan fingerprint density at radius 1 is 1.31 bits per heavy atom. The summed E-state index contributed by atoms with van der Waals surface area (Å²) in [5.74, 6) is -1.19. The molecule has 0 spiro atoms. The second kappa shape index (κ2) is 6.21. The van der Waals surface area contributed by atoms with Crippen molar-refractivity contribution in [3.63, 3.8) is 0 Å². The first kappa shape index (κ1) is 16.7. The number of carbonyl (C=O) groups is 1. The molecule has 1 saturated heterocycles. The fraction of sp³-hybridized carbons (Fsp3) is 0.300. The zero-order chi connectivity index (χ0) is 18.3. The largest absolute Gasteiger partial charge is 0.366 e. The van der Waals surface area contributed by atoms with Gasteiger partial charge in [0.05, 0.1) is 11.3 Å². The van der Waals surface area contributed by atoms with Crippen molar-refractivity contribution in [2.75, 3.05) is 13.1 Å². The van der Waals surface area contributed by atoms with Crippen LogP contribution in [0, 0.1) is 5.82 Å². The van der Waals surface area contributed by atoms with E-state index < -0.39 is 11.7 Å². The minimum Gasteiger partial charge on any atom is -0.366 e. The van der Waals surface area contributed by atoms with Gasteiger partial charge in [-0.15, -0.1) is 0 Å². The van der Waals surface area contributed by atoms with Gasteiger partial charge in [0.2, 0.25) is 0 Å². The predicted octanol–water partition coefficient (Wildman–Crippen LogP) is 2.90. The molecule has 0 bridgehead atoms. The number of nitrogens with two attached hydrogens (primary N) is 1. The van der Waals surface area contributed by atoms with Gasteiger partial charge in [0.15, 0.2) is 0 Å². The molecule has 3 N–H and O–H groups in total. The summed E-state index contributed by atoms with van der Waals surface area (Å²) < 4.78 is 15.4. The van der Waals surface area contributed by atoms with Gasteiger partial charge in [-0.05, 0) is 49.2 Å². The van der Waals surface area contributed by atoms with Gasteiger partial charge in [0.1, 0.15) is 11.3 Å². The van der Waals surface area contributed by atoms with Crippen LogP contribution in [0.25, 0.3) is 16.6 Å². The summed E-state index contributed by atoms with van der Waals surface area (Å²) in [6.45, 7) is 4.32. The number of nitrogens with zero attached hydrogens (tertiary/aromatic N) is 2. The molecule has 1 aliphatic rings.